The van der Waals surface area contributed by atoms with E-state index in [-0.39, 0.29) is 0 Å². The number of carboxylic acid groups (broad SMARTS) is 1. The normalized spacial score (nSPS) is 33.1. The highest BCUT2D eigenvalue weighted by Gasteiger charge is 2.53. The van der Waals surface area contributed by atoms with Crippen molar-refractivity contribution in [1.29, 1.82) is 0 Å². The highest BCUT2D eigenvalue weighted by Crippen LogP contribution is 2.35. The standard InChI is InChI=1S/C7H10O5/c1-7(2)3(8)6(11)12-4(7)5(9)10/h3-4,8H,1-2H3,(H,9,10). The number of hydrogen-bond acceptors (Lipinski definition) is 4. The number of esters is 1. The Balaban J connectivity index is 2.95. The van der Waals surface area contributed by atoms with Gasteiger partial charge in [-0.2, -0.15) is 0 Å². The number of carbonyl (C=O) groups is 2. The molecule has 1 saturated heterocycles. The van der Waals surface area contributed by atoms with E-state index in [1.807, 2.05) is 0 Å². The Hall–Kier alpha value is -1.10. The van der Waals surface area contributed by atoms with Crippen molar-refractivity contribution >= 4 is 11.9 Å². The van der Waals surface area contributed by atoms with E-state index in [0.29, 0.717) is 0 Å². The van der Waals surface area contributed by atoms with Gasteiger partial charge in [-0.25, -0.2) is 9.59 Å². The first-order valence-corrected chi connectivity index (χ1v) is 3.48. The molecule has 0 bridgehead atoms. The lowest BCUT2D eigenvalue weighted by Crippen LogP contribution is -2.38. The number of ether oxygens (including phenoxy) is 1. The molecule has 68 valence electrons. The molecule has 0 amide bonds. The minimum atomic E-state index is -1.35. The van der Waals surface area contributed by atoms with Gasteiger partial charge in [0.15, 0.2) is 6.10 Å². The molecule has 1 rings (SSSR count). The van der Waals surface area contributed by atoms with Gasteiger partial charge >= 0.3 is 11.9 Å². The summed E-state index contributed by atoms with van der Waals surface area (Å²) in [6, 6.07) is 0. The van der Waals surface area contributed by atoms with Crippen molar-refractivity contribution in [3.05, 3.63) is 0 Å². The van der Waals surface area contributed by atoms with Gasteiger partial charge in [0.1, 0.15) is 0 Å². The van der Waals surface area contributed by atoms with Gasteiger partial charge in [0, 0.05) is 5.41 Å². The zero-order chi connectivity index (χ0) is 9.52. The van der Waals surface area contributed by atoms with Crippen LogP contribution in [-0.4, -0.2) is 34.4 Å². The molecule has 0 spiro atoms. The number of carbonyl (C=O) groups excluding carboxylic acids is 1. The maximum Gasteiger partial charge on any atom is 0.345 e. The van der Waals surface area contributed by atoms with E-state index in [1.165, 1.54) is 13.8 Å². The van der Waals surface area contributed by atoms with E-state index >= 15 is 0 Å². The van der Waals surface area contributed by atoms with E-state index in [0.717, 1.165) is 0 Å². The van der Waals surface area contributed by atoms with Crippen molar-refractivity contribution in [1.82, 2.24) is 0 Å². The van der Waals surface area contributed by atoms with Crippen LogP contribution in [0.1, 0.15) is 13.8 Å². The van der Waals surface area contributed by atoms with E-state index in [1.54, 1.807) is 0 Å². The number of carboxylic acids is 1. The number of aliphatic hydroxyl groups excluding tert-OH is 1. The fourth-order valence-electron chi connectivity index (χ4n) is 1.15. The molecule has 5 heteroatoms. The second-order valence-electron chi connectivity index (χ2n) is 3.38. The van der Waals surface area contributed by atoms with Crippen LogP contribution in [0, 0.1) is 5.41 Å². The monoisotopic (exact) mass is 174 g/mol. The minimum Gasteiger partial charge on any atom is -0.478 e. The summed E-state index contributed by atoms with van der Waals surface area (Å²) in [4.78, 5) is 21.3. The van der Waals surface area contributed by atoms with Crippen molar-refractivity contribution < 1.29 is 24.5 Å². The first-order valence-electron chi connectivity index (χ1n) is 3.48. The van der Waals surface area contributed by atoms with Crippen LogP contribution in [-0.2, 0) is 14.3 Å². The summed E-state index contributed by atoms with van der Waals surface area (Å²) in [6.45, 7) is 2.95. The van der Waals surface area contributed by atoms with Crippen LogP contribution in [0.4, 0.5) is 0 Å². The molecule has 0 aromatic carbocycles. The molecule has 0 aromatic heterocycles. The Labute approximate surface area is 68.9 Å². The number of hydrogen-bond donors (Lipinski definition) is 2. The van der Waals surface area contributed by atoms with Gasteiger partial charge in [-0.1, -0.05) is 13.8 Å². The van der Waals surface area contributed by atoms with Crippen LogP contribution in [0.3, 0.4) is 0 Å². The quantitative estimate of drug-likeness (QED) is 0.518. The zero-order valence-corrected chi connectivity index (χ0v) is 6.77. The van der Waals surface area contributed by atoms with Gasteiger partial charge in [0.25, 0.3) is 0 Å². The number of rotatable bonds is 1. The van der Waals surface area contributed by atoms with Gasteiger partial charge in [-0.3, -0.25) is 0 Å². The van der Waals surface area contributed by atoms with Gasteiger partial charge < -0.3 is 14.9 Å². The van der Waals surface area contributed by atoms with Crippen LogP contribution < -0.4 is 0 Å². The highest BCUT2D eigenvalue weighted by atomic mass is 16.6. The zero-order valence-electron chi connectivity index (χ0n) is 6.77. The number of aliphatic hydroxyl groups is 1. The second kappa shape index (κ2) is 2.45. The molecular weight excluding hydrogens is 164 g/mol. The summed E-state index contributed by atoms with van der Waals surface area (Å²) in [5, 5.41) is 17.8. The lowest BCUT2D eigenvalue weighted by atomic mass is 9.83. The van der Waals surface area contributed by atoms with Gasteiger partial charge in [-0.15, -0.1) is 0 Å². The average molecular weight is 174 g/mol. The van der Waals surface area contributed by atoms with E-state index in [4.69, 9.17) is 5.11 Å². The predicted molar refractivity (Wildman–Crippen MR) is 37.3 cm³/mol. The van der Waals surface area contributed by atoms with E-state index < -0.39 is 29.6 Å². The lowest BCUT2D eigenvalue weighted by Gasteiger charge is -2.21. The molecule has 0 aromatic rings. The molecular formula is C7H10O5. The molecule has 2 N–H and O–H groups in total. The Morgan fingerprint density at radius 3 is 2.25 bits per heavy atom. The fraction of sp³-hybridized carbons (Fsp3) is 0.714. The van der Waals surface area contributed by atoms with Crippen LogP contribution >= 0.6 is 0 Å². The average Bonchev–Trinajstić information content (AvgIpc) is 2.13. The molecule has 2 unspecified atom stereocenters. The molecule has 1 fully saturated rings. The maximum atomic E-state index is 10.8. The van der Waals surface area contributed by atoms with Crippen molar-refractivity contribution in [3.8, 4) is 0 Å². The van der Waals surface area contributed by atoms with Gasteiger partial charge in [0.2, 0.25) is 6.10 Å². The van der Waals surface area contributed by atoms with Gasteiger partial charge in [-0.05, 0) is 0 Å². The Kier molecular flexibility index (Phi) is 1.83. The van der Waals surface area contributed by atoms with Crippen LogP contribution in [0.5, 0.6) is 0 Å². The Morgan fingerprint density at radius 2 is 2.08 bits per heavy atom. The molecule has 12 heavy (non-hydrogen) atoms. The highest BCUT2D eigenvalue weighted by molar-refractivity contribution is 5.86. The summed E-state index contributed by atoms with van der Waals surface area (Å²) in [5.41, 5.74) is -1.05. The van der Waals surface area contributed by atoms with Crippen molar-refractivity contribution in [3.63, 3.8) is 0 Å². The van der Waals surface area contributed by atoms with Crippen LogP contribution in [0.25, 0.3) is 0 Å². The van der Waals surface area contributed by atoms with Gasteiger partial charge in [0.05, 0.1) is 0 Å². The molecule has 1 aliphatic rings. The summed E-state index contributed by atoms with van der Waals surface area (Å²) < 4.78 is 4.46. The molecule has 1 heterocycles. The summed E-state index contributed by atoms with van der Waals surface area (Å²) >= 11 is 0. The smallest absolute Gasteiger partial charge is 0.345 e. The number of aliphatic carboxylic acids is 1. The fourth-order valence-corrected chi connectivity index (χ4v) is 1.15. The van der Waals surface area contributed by atoms with Crippen LogP contribution in [0.15, 0.2) is 0 Å². The molecule has 5 nitrogen and oxygen atoms in total. The first kappa shape index (κ1) is 8.99. The Bertz CT molecular complexity index is 232. The minimum absolute atomic E-state index is 0.868. The molecule has 2 atom stereocenters. The summed E-state index contributed by atoms with van der Waals surface area (Å²) in [7, 11) is 0. The first-order chi connectivity index (χ1) is 5.37. The third kappa shape index (κ3) is 1.06. The van der Waals surface area contributed by atoms with Crippen molar-refractivity contribution in [2.45, 2.75) is 26.1 Å². The third-order valence-electron chi connectivity index (χ3n) is 2.06. The Morgan fingerprint density at radius 1 is 1.58 bits per heavy atom. The van der Waals surface area contributed by atoms with Crippen molar-refractivity contribution in [2.24, 2.45) is 5.41 Å². The molecule has 0 radical (unpaired) electrons. The topological polar surface area (TPSA) is 83.8 Å². The molecule has 1 aliphatic heterocycles. The van der Waals surface area contributed by atoms with E-state index in [9.17, 15) is 14.7 Å². The molecule has 0 aliphatic carbocycles. The van der Waals surface area contributed by atoms with Crippen molar-refractivity contribution in [2.75, 3.05) is 0 Å². The molecule has 0 saturated carbocycles. The largest absolute Gasteiger partial charge is 0.478 e. The maximum absolute atomic E-state index is 10.8. The third-order valence-corrected chi connectivity index (χ3v) is 2.06. The number of cyclic esters (lactones) is 1. The predicted octanol–water partition coefficient (Wildman–Crippen LogP) is -0.617. The van der Waals surface area contributed by atoms with Crippen LogP contribution in [0.2, 0.25) is 0 Å². The summed E-state index contributed by atoms with van der Waals surface area (Å²) in [5.74, 6) is -2.10. The second-order valence-corrected chi connectivity index (χ2v) is 3.38. The SMILES string of the molecule is CC1(C)C(O)C(=O)OC1C(=O)O. The van der Waals surface area contributed by atoms with E-state index in [2.05, 4.69) is 4.74 Å². The lowest BCUT2D eigenvalue weighted by molar-refractivity contribution is -0.160. The summed E-state index contributed by atoms with van der Waals surface area (Å²) in [6.07, 6.45) is -2.60.